The first-order chi connectivity index (χ1) is 15.2. The molecule has 0 aromatic heterocycles. The number of benzene rings is 3. The molecule has 9 heteroatoms. The van der Waals surface area contributed by atoms with E-state index in [4.69, 9.17) is 0 Å². The third kappa shape index (κ3) is 5.24. The Labute approximate surface area is 187 Å². The molecule has 7 nitrogen and oxygen atoms in total. The van der Waals surface area contributed by atoms with Gasteiger partial charge in [-0.25, -0.2) is 21.6 Å². The third-order valence-corrected chi connectivity index (χ3v) is 8.54. The number of anilines is 1. The zero-order valence-corrected chi connectivity index (χ0v) is 18.7. The van der Waals surface area contributed by atoms with Gasteiger partial charge in [0, 0.05) is 17.3 Å². The molecule has 2 N–H and O–H groups in total. The van der Waals surface area contributed by atoms with Gasteiger partial charge in [0.25, 0.3) is 5.91 Å². The molecule has 1 aliphatic rings. The molecule has 166 valence electrons. The molecule has 32 heavy (non-hydrogen) atoms. The summed E-state index contributed by atoms with van der Waals surface area (Å²) in [6.45, 7) is 0. The van der Waals surface area contributed by atoms with Gasteiger partial charge in [-0.15, -0.1) is 0 Å². The van der Waals surface area contributed by atoms with Crippen molar-refractivity contribution in [1.82, 2.24) is 4.72 Å². The highest BCUT2D eigenvalue weighted by molar-refractivity contribution is 7.92. The molecule has 0 radical (unpaired) electrons. The van der Waals surface area contributed by atoms with E-state index in [1.807, 2.05) is 42.5 Å². The first kappa shape index (κ1) is 22.2. The van der Waals surface area contributed by atoms with Crippen molar-refractivity contribution in [3.05, 3.63) is 84.4 Å². The van der Waals surface area contributed by atoms with Gasteiger partial charge in [0.2, 0.25) is 10.0 Å². The topological polar surface area (TPSA) is 109 Å². The van der Waals surface area contributed by atoms with Gasteiger partial charge in [-0.2, -0.15) is 0 Å². The number of hydrogen-bond acceptors (Lipinski definition) is 5. The Morgan fingerprint density at radius 3 is 2.06 bits per heavy atom. The van der Waals surface area contributed by atoms with Gasteiger partial charge in [-0.05, 0) is 53.9 Å². The number of amides is 1. The van der Waals surface area contributed by atoms with Crippen LogP contribution in [-0.2, 0) is 19.9 Å². The van der Waals surface area contributed by atoms with E-state index in [2.05, 4.69) is 10.0 Å². The molecule has 3 aromatic carbocycles. The molecule has 0 saturated carbocycles. The van der Waals surface area contributed by atoms with Gasteiger partial charge in [-0.1, -0.05) is 42.5 Å². The standard InChI is InChI=1S/C23H22N2O5S2/c26-23(19-8-6-18(7-9-19)17-4-2-1-3-5-17)24-20-10-12-22(13-11-20)32(29,30)25-21-14-15-31(27,28)16-21/h1-13,21,25H,14-16H2,(H,24,26)/t21-/m0/s1. The molecule has 1 atom stereocenters. The molecule has 4 rings (SSSR count). The van der Waals surface area contributed by atoms with Crippen LogP contribution >= 0.6 is 0 Å². The molecule has 0 spiro atoms. The summed E-state index contributed by atoms with van der Waals surface area (Å²) in [5.41, 5.74) is 2.98. The highest BCUT2D eigenvalue weighted by Gasteiger charge is 2.31. The molecule has 1 saturated heterocycles. The average molecular weight is 471 g/mol. The Morgan fingerprint density at radius 1 is 0.844 bits per heavy atom. The first-order valence-corrected chi connectivity index (χ1v) is 13.3. The molecule has 0 bridgehead atoms. The maximum Gasteiger partial charge on any atom is 0.255 e. The highest BCUT2D eigenvalue weighted by Crippen LogP contribution is 2.21. The zero-order valence-electron chi connectivity index (χ0n) is 17.1. The number of rotatable bonds is 6. The summed E-state index contributed by atoms with van der Waals surface area (Å²) in [6, 6.07) is 22.1. The summed E-state index contributed by atoms with van der Waals surface area (Å²) >= 11 is 0. The van der Waals surface area contributed by atoms with Crippen LogP contribution in [0.1, 0.15) is 16.8 Å². The van der Waals surface area contributed by atoms with Gasteiger partial charge in [0.05, 0.1) is 16.4 Å². The van der Waals surface area contributed by atoms with Crippen molar-refractivity contribution < 1.29 is 21.6 Å². The fourth-order valence-corrected chi connectivity index (χ4v) is 6.59. The van der Waals surface area contributed by atoms with Crippen molar-refractivity contribution in [3.63, 3.8) is 0 Å². The Bertz CT molecular complexity index is 1320. The number of carbonyl (C=O) groups is 1. The molecule has 1 fully saturated rings. The smallest absolute Gasteiger partial charge is 0.255 e. The van der Waals surface area contributed by atoms with Crippen molar-refractivity contribution in [2.45, 2.75) is 17.4 Å². The maximum absolute atomic E-state index is 12.5. The van der Waals surface area contributed by atoms with E-state index in [9.17, 15) is 21.6 Å². The van der Waals surface area contributed by atoms with Crippen LogP contribution in [0.5, 0.6) is 0 Å². The fraction of sp³-hybridized carbons (Fsp3) is 0.174. The number of sulfonamides is 1. The minimum atomic E-state index is -3.85. The summed E-state index contributed by atoms with van der Waals surface area (Å²) in [6.07, 6.45) is 0.263. The second-order valence-corrected chi connectivity index (χ2v) is 11.6. The van der Waals surface area contributed by atoms with E-state index in [0.717, 1.165) is 11.1 Å². The van der Waals surface area contributed by atoms with E-state index in [0.29, 0.717) is 11.3 Å². The Kier molecular flexibility index (Phi) is 6.14. The second-order valence-electron chi connectivity index (χ2n) is 7.64. The lowest BCUT2D eigenvalue weighted by atomic mass is 10.0. The van der Waals surface area contributed by atoms with Gasteiger partial charge < -0.3 is 5.32 Å². The van der Waals surface area contributed by atoms with Gasteiger partial charge >= 0.3 is 0 Å². The van der Waals surface area contributed by atoms with Gasteiger partial charge in [0.1, 0.15) is 0 Å². The Hall–Kier alpha value is -3.01. The molecule has 1 amide bonds. The monoisotopic (exact) mass is 470 g/mol. The Balaban J connectivity index is 1.40. The van der Waals surface area contributed by atoms with Crippen molar-refractivity contribution in [2.75, 3.05) is 16.8 Å². The molecule has 0 unspecified atom stereocenters. The number of sulfone groups is 1. The lowest BCUT2D eigenvalue weighted by Gasteiger charge is -2.12. The van der Waals surface area contributed by atoms with Crippen LogP contribution in [0.3, 0.4) is 0 Å². The third-order valence-electron chi connectivity index (χ3n) is 5.23. The summed E-state index contributed by atoms with van der Waals surface area (Å²) in [5.74, 6) is -0.518. The van der Waals surface area contributed by atoms with E-state index in [1.54, 1.807) is 12.1 Å². The minimum Gasteiger partial charge on any atom is -0.322 e. The zero-order chi connectivity index (χ0) is 22.8. The number of carbonyl (C=O) groups excluding carboxylic acids is 1. The number of hydrogen-bond donors (Lipinski definition) is 2. The Morgan fingerprint density at radius 2 is 1.47 bits per heavy atom. The van der Waals surface area contributed by atoms with Crippen molar-refractivity contribution in [3.8, 4) is 11.1 Å². The van der Waals surface area contributed by atoms with Crippen LogP contribution in [0, 0.1) is 0 Å². The van der Waals surface area contributed by atoms with E-state index in [1.165, 1.54) is 24.3 Å². The normalized spacial score (nSPS) is 17.7. The van der Waals surface area contributed by atoms with Crippen molar-refractivity contribution >= 4 is 31.5 Å². The molecule has 0 aliphatic carbocycles. The van der Waals surface area contributed by atoms with Crippen LogP contribution < -0.4 is 10.0 Å². The van der Waals surface area contributed by atoms with Gasteiger partial charge in [0.15, 0.2) is 9.84 Å². The van der Waals surface area contributed by atoms with Crippen LogP contribution in [0.4, 0.5) is 5.69 Å². The van der Waals surface area contributed by atoms with Crippen LogP contribution in [0.15, 0.2) is 83.8 Å². The lowest BCUT2D eigenvalue weighted by Crippen LogP contribution is -2.35. The molecular weight excluding hydrogens is 448 g/mol. The SMILES string of the molecule is O=C(Nc1ccc(S(=O)(=O)N[C@H]2CCS(=O)(=O)C2)cc1)c1ccc(-c2ccccc2)cc1. The quantitative estimate of drug-likeness (QED) is 0.575. The largest absolute Gasteiger partial charge is 0.322 e. The van der Waals surface area contributed by atoms with Gasteiger partial charge in [-0.3, -0.25) is 4.79 Å². The fourth-order valence-electron chi connectivity index (χ4n) is 3.54. The van der Waals surface area contributed by atoms with Crippen LogP contribution in [0.25, 0.3) is 11.1 Å². The highest BCUT2D eigenvalue weighted by atomic mass is 32.2. The maximum atomic E-state index is 12.5. The summed E-state index contributed by atoms with van der Waals surface area (Å²) < 4.78 is 50.5. The minimum absolute atomic E-state index is 0.00649. The van der Waals surface area contributed by atoms with E-state index in [-0.39, 0.29) is 28.7 Å². The summed E-state index contributed by atoms with van der Waals surface area (Å²) in [4.78, 5) is 12.5. The summed E-state index contributed by atoms with van der Waals surface area (Å²) in [7, 11) is -7.04. The molecule has 1 aliphatic heterocycles. The van der Waals surface area contributed by atoms with E-state index < -0.39 is 25.9 Å². The van der Waals surface area contributed by atoms with Crippen molar-refractivity contribution in [2.24, 2.45) is 0 Å². The van der Waals surface area contributed by atoms with Crippen molar-refractivity contribution in [1.29, 1.82) is 0 Å². The molecule has 3 aromatic rings. The van der Waals surface area contributed by atoms with Crippen LogP contribution in [-0.4, -0.2) is 40.3 Å². The lowest BCUT2D eigenvalue weighted by molar-refractivity contribution is 0.102. The number of nitrogens with one attached hydrogen (secondary N) is 2. The predicted octanol–water partition coefficient (Wildman–Crippen LogP) is 3.07. The first-order valence-electron chi connectivity index (χ1n) is 10.0. The average Bonchev–Trinajstić information content (AvgIpc) is 3.12. The molecule has 1 heterocycles. The van der Waals surface area contributed by atoms with Crippen LogP contribution in [0.2, 0.25) is 0 Å². The predicted molar refractivity (Wildman–Crippen MR) is 124 cm³/mol. The second kappa shape index (κ2) is 8.85. The summed E-state index contributed by atoms with van der Waals surface area (Å²) in [5, 5.41) is 2.75. The van der Waals surface area contributed by atoms with E-state index >= 15 is 0 Å². The molecular formula is C23H22N2O5S2.